The number of nitrogens with zero attached hydrogens (tertiary/aromatic N) is 4. The second-order valence-corrected chi connectivity index (χ2v) is 9.38. The van der Waals surface area contributed by atoms with Crippen LogP contribution in [0.5, 0.6) is 0 Å². The molecule has 29 heavy (non-hydrogen) atoms. The SMILES string of the molecule is CN(C)c1ccc(/C=c2\sc3nnc(-c4ccc(C(C)(C)C)cc4)n3c2=O)cc1. The van der Waals surface area contributed by atoms with E-state index in [2.05, 4.69) is 43.1 Å². The van der Waals surface area contributed by atoms with Gasteiger partial charge in [-0.2, -0.15) is 0 Å². The van der Waals surface area contributed by atoms with Crippen molar-refractivity contribution in [3.8, 4) is 11.4 Å². The molecule has 2 aromatic carbocycles. The predicted octanol–water partition coefficient (Wildman–Crippen LogP) is 3.73. The lowest BCUT2D eigenvalue weighted by Gasteiger charge is -2.18. The molecular weight excluding hydrogens is 380 g/mol. The number of rotatable bonds is 3. The summed E-state index contributed by atoms with van der Waals surface area (Å²) in [5.74, 6) is 0.587. The Hall–Kier alpha value is -2.99. The van der Waals surface area contributed by atoms with E-state index in [1.807, 2.05) is 61.5 Å². The van der Waals surface area contributed by atoms with Crippen LogP contribution in [0.3, 0.4) is 0 Å². The second kappa shape index (κ2) is 7.12. The third-order valence-electron chi connectivity index (χ3n) is 4.96. The summed E-state index contributed by atoms with van der Waals surface area (Å²) in [4.78, 5) is 15.7. The molecule has 0 fully saturated rings. The molecule has 0 bridgehead atoms. The van der Waals surface area contributed by atoms with Crippen molar-refractivity contribution in [1.29, 1.82) is 0 Å². The first-order valence-electron chi connectivity index (χ1n) is 9.52. The van der Waals surface area contributed by atoms with Crippen LogP contribution in [-0.2, 0) is 5.41 Å². The van der Waals surface area contributed by atoms with Crippen molar-refractivity contribution < 1.29 is 0 Å². The van der Waals surface area contributed by atoms with Crippen molar-refractivity contribution in [1.82, 2.24) is 14.6 Å². The Morgan fingerprint density at radius 1 is 0.966 bits per heavy atom. The van der Waals surface area contributed by atoms with Gasteiger partial charge in [0.1, 0.15) is 0 Å². The summed E-state index contributed by atoms with van der Waals surface area (Å²) in [6.07, 6.45) is 1.91. The fraction of sp³-hybridized carbons (Fsp3) is 0.261. The maximum absolute atomic E-state index is 13.0. The maximum Gasteiger partial charge on any atom is 0.276 e. The monoisotopic (exact) mass is 404 g/mol. The van der Waals surface area contributed by atoms with E-state index in [1.165, 1.54) is 16.9 Å². The number of anilines is 1. The lowest BCUT2D eigenvalue weighted by molar-refractivity contribution is 0.590. The molecule has 0 amide bonds. The molecule has 0 spiro atoms. The highest BCUT2D eigenvalue weighted by Crippen LogP contribution is 2.25. The smallest absolute Gasteiger partial charge is 0.276 e. The zero-order chi connectivity index (χ0) is 20.8. The molecule has 0 saturated carbocycles. The lowest BCUT2D eigenvalue weighted by Crippen LogP contribution is -2.23. The van der Waals surface area contributed by atoms with E-state index in [0.29, 0.717) is 15.3 Å². The average molecular weight is 405 g/mol. The number of benzene rings is 2. The summed E-state index contributed by atoms with van der Waals surface area (Å²) >= 11 is 1.36. The van der Waals surface area contributed by atoms with Crippen molar-refractivity contribution in [3.05, 3.63) is 74.5 Å². The molecule has 6 heteroatoms. The van der Waals surface area contributed by atoms with Gasteiger partial charge in [-0.05, 0) is 34.8 Å². The molecule has 2 aromatic heterocycles. The van der Waals surface area contributed by atoms with Gasteiger partial charge < -0.3 is 4.90 Å². The Morgan fingerprint density at radius 2 is 1.62 bits per heavy atom. The van der Waals surface area contributed by atoms with E-state index in [4.69, 9.17) is 0 Å². The first-order valence-corrected chi connectivity index (χ1v) is 10.3. The summed E-state index contributed by atoms with van der Waals surface area (Å²) in [6.45, 7) is 6.54. The molecule has 0 aliphatic rings. The molecule has 148 valence electrons. The molecule has 0 N–H and O–H groups in total. The highest BCUT2D eigenvalue weighted by Gasteiger charge is 2.16. The Kier molecular flexibility index (Phi) is 4.74. The van der Waals surface area contributed by atoms with Gasteiger partial charge in [0, 0.05) is 25.3 Å². The fourth-order valence-corrected chi connectivity index (χ4v) is 4.10. The third kappa shape index (κ3) is 3.68. The molecule has 4 rings (SSSR count). The topological polar surface area (TPSA) is 50.5 Å². The minimum Gasteiger partial charge on any atom is -0.378 e. The predicted molar refractivity (Wildman–Crippen MR) is 121 cm³/mol. The third-order valence-corrected chi connectivity index (χ3v) is 5.92. The molecule has 0 aliphatic heterocycles. The van der Waals surface area contributed by atoms with E-state index < -0.39 is 0 Å². The van der Waals surface area contributed by atoms with Gasteiger partial charge in [0.25, 0.3) is 5.56 Å². The van der Waals surface area contributed by atoms with Crippen LogP contribution in [0, 0.1) is 0 Å². The van der Waals surface area contributed by atoms with Crippen molar-refractivity contribution in [2.24, 2.45) is 0 Å². The quantitative estimate of drug-likeness (QED) is 0.522. The standard InChI is InChI=1S/C23H24N4OS/c1-23(2,3)17-10-8-16(9-11-17)20-24-25-22-27(20)21(28)19(29-22)14-15-6-12-18(13-7-15)26(4)5/h6-14H,1-5H3/b19-14-. The van der Waals surface area contributed by atoms with Crippen molar-refractivity contribution in [2.45, 2.75) is 26.2 Å². The normalized spacial score (nSPS) is 12.7. The van der Waals surface area contributed by atoms with Gasteiger partial charge in [-0.25, -0.2) is 4.40 Å². The van der Waals surface area contributed by atoms with Crippen LogP contribution in [0.25, 0.3) is 22.4 Å². The number of fused-ring (bicyclic) bond motifs is 1. The molecule has 5 nitrogen and oxygen atoms in total. The zero-order valence-electron chi connectivity index (χ0n) is 17.3. The van der Waals surface area contributed by atoms with E-state index in [1.54, 1.807) is 4.40 Å². The summed E-state index contributed by atoms with van der Waals surface area (Å²) in [7, 11) is 4.01. The number of thiazole rings is 1. The molecule has 0 atom stereocenters. The van der Waals surface area contributed by atoms with Gasteiger partial charge in [-0.3, -0.25) is 4.79 Å². The number of aromatic nitrogens is 3. The summed E-state index contributed by atoms with van der Waals surface area (Å²) in [5, 5.41) is 8.49. The number of hydrogen-bond donors (Lipinski definition) is 0. The van der Waals surface area contributed by atoms with Crippen molar-refractivity contribution >= 4 is 28.1 Å². The van der Waals surface area contributed by atoms with Crippen LogP contribution in [-0.4, -0.2) is 28.7 Å². The van der Waals surface area contributed by atoms with Gasteiger partial charge >= 0.3 is 0 Å². The van der Waals surface area contributed by atoms with Gasteiger partial charge in [0.15, 0.2) is 5.82 Å². The van der Waals surface area contributed by atoms with Gasteiger partial charge in [-0.1, -0.05) is 68.5 Å². The van der Waals surface area contributed by atoms with Crippen LogP contribution in [0.15, 0.2) is 53.3 Å². The highest BCUT2D eigenvalue weighted by molar-refractivity contribution is 7.15. The van der Waals surface area contributed by atoms with Crippen LogP contribution < -0.4 is 15.0 Å². The van der Waals surface area contributed by atoms with Gasteiger partial charge in [0.2, 0.25) is 4.96 Å². The summed E-state index contributed by atoms with van der Waals surface area (Å²) in [6, 6.07) is 16.3. The molecular formula is C23H24N4OS. The first-order chi connectivity index (χ1) is 13.7. The average Bonchev–Trinajstić information content (AvgIpc) is 3.22. The minimum absolute atomic E-state index is 0.0784. The van der Waals surface area contributed by atoms with E-state index >= 15 is 0 Å². The van der Waals surface area contributed by atoms with E-state index in [9.17, 15) is 4.79 Å². The van der Waals surface area contributed by atoms with E-state index in [0.717, 1.165) is 16.8 Å². The van der Waals surface area contributed by atoms with Crippen LogP contribution in [0.1, 0.15) is 31.9 Å². The molecule has 4 aromatic rings. The van der Waals surface area contributed by atoms with E-state index in [-0.39, 0.29) is 11.0 Å². The van der Waals surface area contributed by atoms with Gasteiger partial charge in [0.05, 0.1) is 4.53 Å². The van der Waals surface area contributed by atoms with Crippen LogP contribution >= 0.6 is 11.3 Å². The lowest BCUT2D eigenvalue weighted by atomic mass is 9.87. The zero-order valence-corrected chi connectivity index (χ0v) is 18.1. The Balaban J connectivity index is 1.76. The molecule has 2 heterocycles. The van der Waals surface area contributed by atoms with Crippen molar-refractivity contribution in [2.75, 3.05) is 19.0 Å². The summed E-state index contributed by atoms with van der Waals surface area (Å²) < 4.78 is 2.26. The molecule has 0 radical (unpaired) electrons. The van der Waals surface area contributed by atoms with Crippen LogP contribution in [0.4, 0.5) is 5.69 Å². The maximum atomic E-state index is 13.0. The van der Waals surface area contributed by atoms with Crippen LogP contribution in [0.2, 0.25) is 0 Å². The Bertz CT molecular complexity index is 1260. The molecule has 0 unspecified atom stereocenters. The second-order valence-electron chi connectivity index (χ2n) is 8.37. The largest absolute Gasteiger partial charge is 0.378 e. The minimum atomic E-state index is -0.0819. The molecule has 0 saturated heterocycles. The number of hydrogen-bond acceptors (Lipinski definition) is 5. The molecule has 0 aliphatic carbocycles. The van der Waals surface area contributed by atoms with Crippen molar-refractivity contribution in [3.63, 3.8) is 0 Å². The fourth-order valence-electron chi connectivity index (χ4n) is 3.19. The highest BCUT2D eigenvalue weighted by atomic mass is 32.1. The Labute approximate surface area is 173 Å². The first kappa shape index (κ1) is 19.3. The van der Waals surface area contributed by atoms with Gasteiger partial charge in [-0.15, -0.1) is 10.2 Å². The Morgan fingerprint density at radius 3 is 2.21 bits per heavy atom. The summed E-state index contributed by atoms with van der Waals surface area (Å²) in [5.41, 5.74) is 4.24.